The molecule has 7 heteroatoms. The lowest BCUT2D eigenvalue weighted by molar-refractivity contribution is -0.155. The Labute approximate surface area is 135 Å². The highest BCUT2D eigenvalue weighted by molar-refractivity contribution is 5.85. The fraction of sp³-hybridized carbons (Fsp3) is 0.750. The Balaban J connectivity index is 1.81. The first-order chi connectivity index (χ1) is 11.1. The van der Waals surface area contributed by atoms with Crippen molar-refractivity contribution in [2.75, 3.05) is 0 Å². The Hall–Kier alpha value is -1.92. The highest BCUT2D eigenvalue weighted by Gasteiger charge is 2.38. The number of nitrogens with zero attached hydrogens (tertiary/aromatic N) is 4. The first-order valence-electron chi connectivity index (χ1n) is 8.50. The van der Waals surface area contributed by atoms with Crippen LogP contribution in [0.2, 0.25) is 0 Å². The van der Waals surface area contributed by atoms with E-state index in [2.05, 4.69) is 10.2 Å². The van der Waals surface area contributed by atoms with Crippen LogP contribution in [0.4, 0.5) is 0 Å². The SMILES string of the molecule is Cc1nnc2n1CC(C(=O)O)N(C(=O)C1CCCCCCC1)C2. The number of aliphatic carboxylic acids is 1. The van der Waals surface area contributed by atoms with Crippen molar-refractivity contribution in [2.45, 2.75) is 71.0 Å². The Bertz CT molecular complexity index is 590. The third-order valence-electron chi connectivity index (χ3n) is 5.08. The van der Waals surface area contributed by atoms with E-state index in [0.29, 0.717) is 11.6 Å². The molecule has 7 nitrogen and oxygen atoms in total. The molecular weight excluding hydrogens is 296 g/mol. The van der Waals surface area contributed by atoms with Gasteiger partial charge in [0, 0.05) is 5.92 Å². The number of aromatic nitrogens is 3. The standard InChI is InChI=1S/C16H24N4O3/c1-11-17-18-14-10-20(13(16(22)23)9-19(11)14)15(21)12-7-5-3-2-4-6-8-12/h12-13H,2-10H2,1H3,(H,22,23). The number of hydrogen-bond acceptors (Lipinski definition) is 4. The molecule has 2 aliphatic rings. The van der Waals surface area contributed by atoms with E-state index in [4.69, 9.17) is 0 Å². The largest absolute Gasteiger partial charge is 0.480 e. The van der Waals surface area contributed by atoms with Crippen LogP contribution in [0.15, 0.2) is 0 Å². The average Bonchev–Trinajstić information content (AvgIpc) is 2.86. The van der Waals surface area contributed by atoms with E-state index in [-0.39, 0.29) is 24.9 Å². The lowest BCUT2D eigenvalue weighted by Crippen LogP contribution is -2.52. The van der Waals surface area contributed by atoms with Gasteiger partial charge in [0.05, 0.1) is 13.1 Å². The van der Waals surface area contributed by atoms with Gasteiger partial charge in [-0.15, -0.1) is 10.2 Å². The Morgan fingerprint density at radius 1 is 1.09 bits per heavy atom. The van der Waals surface area contributed by atoms with Gasteiger partial charge >= 0.3 is 5.97 Å². The van der Waals surface area contributed by atoms with Crippen molar-refractivity contribution >= 4 is 11.9 Å². The van der Waals surface area contributed by atoms with E-state index < -0.39 is 12.0 Å². The smallest absolute Gasteiger partial charge is 0.328 e. The van der Waals surface area contributed by atoms with E-state index in [1.165, 1.54) is 24.2 Å². The fourth-order valence-electron chi connectivity index (χ4n) is 3.69. The third-order valence-corrected chi connectivity index (χ3v) is 5.08. The van der Waals surface area contributed by atoms with Gasteiger partial charge in [0.25, 0.3) is 0 Å². The Morgan fingerprint density at radius 3 is 2.39 bits per heavy atom. The highest BCUT2D eigenvalue weighted by Crippen LogP contribution is 2.27. The number of hydrogen-bond donors (Lipinski definition) is 1. The average molecular weight is 320 g/mol. The van der Waals surface area contributed by atoms with Gasteiger partial charge in [-0.3, -0.25) is 4.79 Å². The minimum atomic E-state index is -0.956. The molecule has 1 N–H and O–H groups in total. The van der Waals surface area contributed by atoms with Gasteiger partial charge < -0.3 is 14.6 Å². The number of carboxylic acids is 1. The van der Waals surface area contributed by atoms with E-state index in [0.717, 1.165) is 25.7 Å². The van der Waals surface area contributed by atoms with Crippen LogP contribution < -0.4 is 0 Å². The van der Waals surface area contributed by atoms with Crippen molar-refractivity contribution in [1.82, 2.24) is 19.7 Å². The molecule has 1 aromatic heterocycles. The van der Waals surface area contributed by atoms with Gasteiger partial charge in [-0.25, -0.2) is 4.79 Å². The highest BCUT2D eigenvalue weighted by atomic mass is 16.4. The number of carbonyl (C=O) groups is 2. The van der Waals surface area contributed by atoms with Crippen molar-refractivity contribution in [3.8, 4) is 0 Å². The van der Waals surface area contributed by atoms with Crippen LogP contribution in [0.1, 0.15) is 56.6 Å². The third kappa shape index (κ3) is 3.23. The maximum Gasteiger partial charge on any atom is 0.328 e. The molecule has 1 saturated carbocycles. The molecule has 3 rings (SSSR count). The fourth-order valence-corrected chi connectivity index (χ4v) is 3.69. The first-order valence-corrected chi connectivity index (χ1v) is 8.50. The summed E-state index contributed by atoms with van der Waals surface area (Å²) in [5, 5.41) is 17.7. The topological polar surface area (TPSA) is 88.3 Å². The summed E-state index contributed by atoms with van der Waals surface area (Å²) in [7, 11) is 0. The summed E-state index contributed by atoms with van der Waals surface area (Å²) in [6.07, 6.45) is 7.42. The zero-order chi connectivity index (χ0) is 16.4. The lowest BCUT2D eigenvalue weighted by Gasteiger charge is -2.36. The Kier molecular flexibility index (Phi) is 4.63. The monoisotopic (exact) mass is 320 g/mol. The molecule has 0 spiro atoms. The molecule has 126 valence electrons. The van der Waals surface area contributed by atoms with Crippen molar-refractivity contribution in [3.05, 3.63) is 11.6 Å². The second-order valence-corrected chi connectivity index (χ2v) is 6.64. The summed E-state index contributed by atoms with van der Waals surface area (Å²) >= 11 is 0. The lowest BCUT2D eigenvalue weighted by atomic mass is 9.89. The number of rotatable bonds is 2. The molecule has 2 heterocycles. The molecule has 0 saturated heterocycles. The van der Waals surface area contributed by atoms with Gasteiger partial charge in [-0.2, -0.15) is 0 Å². The molecule has 1 aromatic rings. The van der Waals surface area contributed by atoms with Gasteiger partial charge in [0.1, 0.15) is 11.9 Å². The quantitative estimate of drug-likeness (QED) is 0.896. The number of amides is 1. The van der Waals surface area contributed by atoms with E-state index in [9.17, 15) is 14.7 Å². The number of fused-ring (bicyclic) bond motifs is 1. The summed E-state index contributed by atoms with van der Waals surface area (Å²) < 4.78 is 1.81. The van der Waals surface area contributed by atoms with Crippen molar-refractivity contribution in [2.24, 2.45) is 5.92 Å². The van der Waals surface area contributed by atoms with Crippen molar-refractivity contribution in [1.29, 1.82) is 0 Å². The maximum atomic E-state index is 13.0. The summed E-state index contributed by atoms with van der Waals surface area (Å²) in [6.45, 7) is 2.29. The minimum Gasteiger partial charge on any atom is -0.480 e. The van der Waals surface area contributed by atoms with Gasteiger partial charge in [0.15, 0.2) is 5.82 Å². The number of carboxylic acid groups (broad SMARTS) is 1. The first kappa shape index (κ1) is 16.0. The van der Waals surface area contributed by atoms with Gasteiger partial charge in [-0.05, 0) is 19.8 Å². The molecule has 0 aromatic carbocycles. The van der Waals surface area contributed by atoms with E-state index >= 15 is 0 Å². The van der Waals surface area contributed by atoms with E-state index in [1.807, 2.05) is 6.92 Å². The van der Waals surface area contributed by atoms with Gasteiger partial charge in [-0.1, -0.05) is 32.1 Å². The van der Waals surface area contributed by atoms with Crippen LogP contribution in [0.5, 0.6) is 0 Å². The maximum absolute atomic E-state index is 13.0. The minimum absolute atomic E-state index is 0.0220. The normalized spacial score (nSPS) is 23.0. The van der Waals surface area contributed by atoms with Crippen LogP contribution in [0.3, 0.4) is 0 Å². The summed E-state index contributed by atoms with van der Waals surface area (Å²) in [5.74, 6) is 0.352. The molecule has 1 fully saturated rings. The van der Waals surface area contributed by atoms with Crippen LogP contribution in [-0.4, -0.2) is 42.7 Å². The predicted octanol–water partition coefficient (Wildman–Crippen LogP) is 1.74. The summed E-state index contributed by atoms with van der Waals surface area (Å²) in [5.41, 5.74) is 0. The molecular formula is C16H24N4O3. The second-order valence-electron chi connectivity index (χ2n) is 6.64. The number of carbonyl (C=O) groups excluding carboxylic acids is 1. The van der Waals surface area contributed by atoms with Crippen LogP contribution in [0.25, 0.3) is 0 Å². The summed E-state index contributed by atoms with van der Waals surface area (Å²) in [6, 6.07) is -0.824. The second kappa shape index (κ2) is 6.68. The summed E-state index contributed by atoms with van der Waals surface area (Å²) in [4.78, 5) is 26.1. The molecule has 23 heavy (non-hydrogen) atoms. The zero-order valence-electron chi connectivity index (χ0n) is 13.6. The molecule has 1 unspecified atom stereocenters. The van der Waals surface area contributed by atoms with Crippen LogP contribution >= 0.6 is 0 Å². The zero-order valence-corrected chi connectivity index (χ0v) is 13.6. The van der Waals surface area contributed by atoms with Crippen LogP contribution in [-0.2, 0) is 22.7 Å². The predicted molar refractivity (Wildman–Crippen MR) is 82.5 cm³/mol. The van der Waals surface area contributed by atoms with Crippen molar-refractivity contribution in [3.63, 3.8) is 0 Å². The molecule has 1 amide bonds. The molecule has 1 atom stereocenters. The van der Waals surface area contributed by atoms with Gasteiger partial charge in [0.2, 0.25) is 5.91 Å². The Morgan fingerprint density at radius 2 is 1.74 bits per heavy atom. The molecule has 0 bridgehead atoms. The van der Waals surface area contributed by atoms with E-state index in [1.54, 1.807) is 4.57 Å². The molecule has 1 aliphatic heterocycles. The van der Waals surface area contributed by atoms with Crippen molar-refractivity contribution < 1.29 is 14.7 Å². The molecule has 1 aliphatic carbocycles. The van der Waals surface area contributed by atoms with Crippen LogP contribution in [0, 0.1) is 12.8 Å². The number of aryl methyl sites for hydroxylation is 1. The molecule has 0 radical (unpaired) electrons.